The Morgan fingerprint density at radius 2 is 2.31 bits per heavy atom. The van der Waals surface area contributed by atoms with Crippen molar-refractivity contribution in [3.8, 4) is 0 Å². The zero-order valence-electron chi connectivity index (χ0n) is 7.09. The van der Waals surface area contributed by atoms with Gasteiger partial charge in [0.1, 0.15) is 4.47 Å². The van der Waals surface area contributed by atoms with E-state index in [0.717, 1.165) is 18.5 Å². The van der Waals surface area contributed by atoms with E-state index in [1.165, 1.54) is 4.68 Å². The molecule has 0 radical (unpaired) electrons. The number of nitrogens with one attached hydrogen (secondary N) is 1. The summed E-state index contributed by atoms with van der Waals surface area (Å²) in [4.78, 5) is 11.5. The average molecular weight is 247 g/mol. The Labute approximate surface area is 83.7 Å². The first kappa shape index (κ1) is 9.02. The second-order valence-electron chi connectivity index (χ2n) is 3.29. The SMILES string of the molecule is O=c1c(Br)c(C2CC2)[nH]n1CCO. The molecule has 1 aliphatic carbocycles. The molecule has 5 heteroatoms. The predicted octanol–water partition coefficient (Wildman–Crippen LogP) is 0.809. The first-order valence-electron chi connectivity index (χ1n) is 4.33. The van der Waals surface area contributed by atoms with Gasteiger partial charge in [0.25, 0.3) is 5.56 Å². The summed E-state index contributed by atoms with van der Waals surface area (Å²) in [6, 6.07) is 0. The Kier molecular flexibility index (Phi) is 2.29. The number of nitrogens with zero attached hydrogens (tertiary/aromatic N) is 1. The van der Waals surface area contributed by atoms with Crippen LogP contribution >= 0.6 is 15.9 Å². The Bertz CT molecular complexity index is 365. The highest BCUT2D eigenvalue weighted by molar-refractivity contribution is 9.10. The lowest BCUT2D eigenvalue weighted by molar-refractivity contribution is 0.267. The monoisotopic (exact) mass is 246 g/mol. The summed E-state index contributed by atoms with van der Waals surface area (Å²) in [7, 11) is 0. The number of aliphatic hydroxyl groups is 1. The maximum absolute atomic E-state index is 11.5. The van der Waals surface area contributed by atoms with E-state index in [0.29, 0.717) is 16.9 Å². The van der Waals surface area contributed by atoms with Crippen LogP contribution in [0.15, 0.2) is 9.27 Å². The van der Waals surface area contributed by atoms with Crippen LogP contribution in [0.5, 0.6) is 0 Å². The van der Waals surface area contributed by atoms with Crippen LogP contribution in [0, 0.1) is 0 Å². The molecule has 0 aromatic carbocycles. The number of aromatic amines is 1. The van der Waals surface area contributed by atoms with Crippen LogP contribution in [-0.2, 0) is 6.54 Å². The maximum Gasteiger partial charge on any atom is 0.281 e. The zero-order chi connectivity index (χ0) is 9.42. The molecule has 13 heavy (non-hydrogen) atoms. The maximum atomic E-state index is 11.5. The van der Waals surface area contributed by atoms with Crippen molar-refractivity contribution in [1.29, 1.82) is 0 Å². The minimum Gasteiger partial charge on any atom is -0.394 e. The van der Waals surface area contributed by atoms with Crippen molar-refractivity contribution in [3.05, 3.63) is 20.5 Å². The lowest BCUT2D eigenvalue weighted by Gasteiger charge is -1.96. The van der Waals surface area contributed by atoms with Gasteiger partial charge in [-0.05, 0) is 28.8 Å². The molecule has 2 N–H and O–H groups in total. The standard InChI is InChI=1S/C8H11BrN2O2/c9-6-7(5-1-2-5)10-11(3-4-12)8(6)13/h5,10,12H,1-4H2. The van der Waals surface area contributed by atoms with Gasteiger partial charge in [-0.15, -0.1) is 0 Å². The number of H-pyrrole nitrogens is 1. The number of aliphatic hydroxyl groups excluding tert-OH is 1. The topological polar surface area (TPSA) is 58.0 Å². The summed E-state index contributed by atoms with van der Waals surface area (Å²) >= 11 is 3.27. The molecule has 0 spiro atoms. The predicted molar refractivity (Wildman–Crippen MR) is 51.8 cm³/mol. The van der Waals surface area contributed by atoms with Gasteiger partial charge in [-0.1, -0.05) is 0 Å². The molecule has 1 aromatic rings. The molecule has 4 nitrogen and oxygen atoms in total. The molecule has 0 saturated heterocycles. The molecule has 72 valence electrons. The van der Waals surface area contributed by atoms with Gasteiger partial charge in [0, 0.05) is 5.92 Å². The Morgan fingerprint density at radius 1 is 1.62 bits per heavy atom. The number of hydrogen-bond acceptors (Lipinski definition) is 2. The molecule has 1 aliphatic rings. The molecular weight excluding hydrogens is 236 g/mol. The van der Waals surface area contributed by atoms with Crippen molar-refractivity contribution >= 4 is 15.9 Å². The molecule has 0 atom stereocenters. The van der Waals surface area contributed by atoms with Crippen molar-refractivity contribution in [3.63, 3.8) is 0 Å². The fourth-order valence-electron chi connectivity index (χ4n) is 1.38. The van der Waals surface area contributed by atoms with E-state index in [4.69, 9.17) is 5.11 Å². The number of rotatable bonds is 3. The normalized spacial score (nSPS) is 16.5. The highest BCUT2D eigenvalue weighted by Crippen LogP contribution is 2.41. The van der Waals surface area contributed by atoms with Crippen LogP contribution in [-0.4, -0.2) is 21.5 Å². The van der Waals surface area contributed by atoms with Crippen LogP contribution in [0.3, 0.4) is 0 Å². The third-order valence-corrected chi connectivity index (χ3v) is 3.00. The van der Waals surface area contributed by atoms with E-state index in [1.54, 1.807) is 0 Å². The molecule has 1 fully saturated rings. The van der Waals surface area contributed by atoms with E-state index >= 15 is 0 Å². The lowest BCUT2D eigenvalue weighted by atomic mass is 10.3. The molecule has 0 aliphatic heterocycles. The lowest BCUT2D eigenvalue weighted by Crippen LogP contribution is -2.18. The van der Waals surface area contributed by atoms with Gasteiger partial charge in [0.05, 0.1) is 18.8 Å². The van der Waals surface area contributed by atoms with Gasteiger partial charge in [-0.3, -0.25) is 9.89 Å². The average Bonchev–Trinajstić information content (AvgIpc) is 2.89. The molecule has 1 saturated carbocycles. The fourth-order valence-corrected chi connectivity index (χ4v) is 2.01. The van der Waals surface area contributed by atoms with Gasteiger partial charge in [-0.25, -0.2) is 4.68 Å². The highest BCUT2D eigenvalue weighted by atomic mass is 79.9. The summed E-state index contributed by atoms with van der Waals surface area (Å²) in [5.41, 5.74) is 0.911. The summed E-state index contributed by atoms with van der Waals surface area (Å²) in [5.74, 6) is 0.516. The summed E-state index contributed by atoms with van der Waals surface area (Å²) in [6.45, 7) is 0.321. The zero-order valence-corrected chi connectivity index (χ0v) is 8.67. The quantitative estimate of drug-likeness (QED) is 0.830. The number of hydrogen-bond donors (Lipinski definition) is 2. The van der Waals surface area contributed by atoms with Gasteiger partial charge in [-0.2, -0.15) is 0 Å². The molecule has 1 heterocycles. The van der Waals surface area contributed by atoms with Crippen LogP contribution < -0.4 is 5.56 Å². The smallest absolute Gasteiger partial charge is 0.281 e. The van der Waals surface area contributed by atoms with Crippen LogP contribution in [0.4, 0.5) is 0 Å². The van der Waals surface area contributed by atoms with E-state index in [-0.39, 0.29) is 12.2 Å². The van der Waals surface area contributed by atoms with Crippen molar-refractivity contribution in [2.75, 3.05) is 6.61 Å². The fraction of sp³-hybridized carbons (Fsp3) is 0.625. The van der Waals surface area contributed by atoms with Crippen molar-refractivity contribution in [2.45, 2.75) is 25.3 Å². The second-order valence-corrected chi connectivity index (χ2v) is 4.09. The van der Waals surface area contributed by atoms with Crippen LogP contribution in [0.25, 0.3) is 0 Å². The first-order chi connectivity index (χ1) is 6.24. The Hall–Kier alpha value is -0.550. The second kappa shape index (κ2) is 3.31. The van der Waals surface area contributed by atoms with Gasteiger partial charge >= 0.3 is 0 Å². The third-order valence-electron chi connectivity index (χ3n) is 2.23. The summed E-state index contributed by atoms with van der Waals surface area (Å²) in [6.07, 6.45) is 2.30. The molecule has 0 unspecified atom stereocenters. The molecular formula is C8H11BrN2O2. The van der Waals surface area contributed by atoms with E-state index in [1.807, 2.05) is 0 Å². The molecule has 2 rings (SSSR count). The highest BCUT2D eigenvalue weighted by Gasteiger charge is 2.29. The van der Waals surface area contributed by atoms with E-state index in [2.05, 4.69) is 21.0 Å². The molecule has 0 amide bonds. The van der Waals surface area contributed by atoms with Crippen molar-refractivity contribution in [1.82, 2.24) is 9.78 Å². The minimum absolute atomic E-state index is 0.0169. The van der Waals surface area contributed by atoms with Gasteiger partial charge < -0.3 is 5.11 Å². The third kappa shape index (κ3) is 1.58. The summed E-state index contributed by atoms with van der Waals surface area (Å²) < 4.78 is 2.07. The molecule has 1 aromatic heterocycles. The van der Waals surface area contributed by atoms with Gasteiger partial charge in [0.15, 0.2) is 0 Å². The van der Waals surface area contributed by atoms with Crippen molar-refractivity contribution < 1.29 is 5.11 Å². The Morgan fingerprint density at radius 3 is 2.85 bits per heavy atom. The largest absolute Gasteiger partial charge is 0.394 e. The van der Waals surface area contributed by atoms with E-state index < -0.39 is 0 Å². The van der Waals surface area contributed by atoms with Crippen molar-refractivity contribution in [2.24, 2.45) is 0 Å². The minimum atomic E-state index is -0.0732. The first-order valence-corrected chi connectivity index (χ1v) is 5.12. The summed E-state index contributed by atoms with van der Waals surface area (Å²) in [5, 5.41) is 11.7. The van der Waals surface area contributed by atoms with E-state index in [9.17, 15) is 4.79 Å². The number of halogens is 1. The van der Waals surface area contributed by atoms with Crippen LogP contribution in [0.1, 0.15) is 24.5 Å². The Balaban J connectivity index is 2.37. The van der Waals surface area contributed by atoms with Crippen LogP contribution in [0.2, 0.25) is 0 Å². The van der Waals surface area contributed by atoms with Gasteiger partial charge in [0.2, 0.25) is 0 Å². The molecule has 0 bridgehead atoms. The number of aromatic nitrogens is 2.